The fourth-order valence-electron chi connectivity index (χ4n) is 2.38. The SMILES string of the molecule is CC(C)Oc1nc2nc(CC3CCOC3)cn2cc1I. The number of nitrogens with zero attached hydrogens (tertiary/aromatic N) is 3. The van der Waals surface area contributed by atoms with Gasteiger partial charge in [-0.05, 0) is 55.2 Å². The minimum Gasteiger partial charge on any atom is -0.474 e. The maximum atomic E-state index is 5.70. The number of halogens is 1. The van der Waals surface area contributed by atoms with Crippen molar-refractivity contribution in [1.29, 1.82) is 0 Å². The molecule has 1 atom stereocenters. The van der Waals surface area contributed by atoms with Gasteiger partial charge in [-0.15, -0.1) is 0 Å². The van der Waals surface area contributed by atoms with Crippen LogP contribution in [0.25, 0.3) is 5.78 Å². The topological polar surface area (TPSA) is 48.7 Å². The number of hydrogen-bond donors (Lipinski definition) is 0. The van der Waals surface area contributed by atoms with Crippen LogP contribution in [0.1, 0.15) is 26.0 Å². The molecular formula is C14H18IN3O2. The first-order valence-electron chi connectivity index (χ1n) is 6.90. The standard InChI is InChI=1S/C14H18IN3O2/c1-9(2)20-13-12(15)7-18-6-11(16-14(18)17-13)5-10-3-4-19-8-10/h6-7,9-10H,3-5,8H2,1-2H3. The summed E-state index contributed by atoms with van der Waals surface area (Å²) in [6.45, 7) is 5.72. The van der Waals surface area contributed by atoms with Crippen molar-refractivity contribution in [2.24, 2.45) is 5.92 Å². The smallest absolute Gasteiger partial charge is 0.237 e. The number of ether oxygens (including phenoxy) is 2. The molecule has 0 aliphatic carbocycles. The van der Waals surface area contributed by atoms with E-state index < -0.39 is 0 Å². The summed E-state index contributed by atoms with van der Waals surface area (Å²) in [4.78, 5) is 9.10. The second-order valence-corrected chi connectivity index (χ2v) is 6.60. The number of aromatic nitrogens is 3. The fourth-order valence-corrected chi connectivity index (χ4v) is 2.92. The molecule has 0 amide bonds. The average Bonchev–Trinajstić information content (AvgIpc) is 2.98. The Morgan fingerprint density at radius 2 is 2.30 bits per heavy atom. The van der Waals surface area contributed by atoms with Gasteiger partial charge in [0.05, 0.1) is 15.4 Å². The van der Waals surface area contributed by atoms with Crippen LogP contribution in [0.4, 0.5) is 0 Å². The third kappa shape index (κ3) is 3.06. The monoisotopic (exact) mass is 387 g/mol. The fraction of sp³-hybridized carbons (Fsp3) is 0.571. The molecule has 2 aromatic heterocycles. The molecule has 1 fully saturated rings. The van der Waals surface area contributed by atoms with E-state index in [1.54, 1.807) is 0 Å². The molecule has 3 rings (SSSR count). The lowest BCUT2D eigenvalue weighted by molar-refractivity contribution is 0.185. The van der Waals surface area contributed by atoms with Crippen molar-refractivity contribution >= 4 is 28.4 Å². The molecule has 1 unspecified atom stereocenters. The Morgan fingerprint density at radius 1 is 1.45 bits per heavy atom. The molecule has 20 heavy (non-hydrogen) atoms. The van der Waals surface area contributed by atoms with Gasteiger partial charge in [0.25, 0.3) is 0 Å². The lowest BCUT2D eigenvalue weighted by Gasteiger charge is -2.09. The van der Waals surface area contributed by atoms with Gasteiger partial charge in [-0.2, -0.15) is 4.98 Å². The number of imidazole rings is 1. The largest absolute Gasteiger partial charge is 0.474 e. The third-order valence-corrected chi connectivity index (χ3v) is 4.03. The Morgan fingerprint density at radius 3 is 3.00 bits per heavy atom. The first kappa shape index (κ1) is 14.1. The molecule has 108 valence electrons. The normalized spacial score (nSPS) is 19.1. The highest BCUT2D eigenvalue weighted by molar-refractivity contribution is 14.1. The van der Waals surface area contributed by atoms with Crippen LogP contribution in [-0.2, 0) is 11.2 Å². The highest BCUT2D eigenvalue weighted by Gasteiger charge is 2.18. The molecule has 1 aliphatic heterocycles. The minimum absolute atomic E-state index is 0.114. The van der Waals surface area contributed by atoms with Crippen LogP contribution in [-0.4, -0.2) is 33.7 Å². The summed E-state index contributed by atoms with van der Waals surface area (Å²) in [6.07, 6.45) is 6.27. The van der Waals surface area contributed by atoms with E-state index in [1.165, 1.54) is 0 Å². The summed E-state index contributed by atoms with van der Waals surface area (Å²) in [6, 6.07) is 0. The highest BCUT2D eigenvalue weighted by atomic mass is 127. The highest BCUT2D eigenvalue weighted by Crippen LogP contribution is 2.22. The van der Waals surface area contributed by atoms with Crippen LogP contribution in [0.3, 0.4) is 0 Å². The van der Waals surface area contributed by atoms with Crippen molar-refractivity contribution in [2.75, 3.05) is 13.2 Å². The lowest BCUT2D eigenvalue weighted by atomic mass is 10.0. The predicted octanol–water partition coefficient (Wildman–Crippen LogP) is 2.70. The van der Waals surface area contributed by atoms with Crippen LogP contribution in [0.15, 0.2) is 12.4 Å². The molecule has 3 heterocycles. The second-order valence-electron chi connectivity index (χ2n) is 5.43. The van der Waals surface area contributed by atoms with Gasteiger partial charge in [-0.1, -0.05) is 0 Å². The van der Waals surface area contributed by atoms with E-state index in [1.807, 2.05) is 24.4 Å². The Hall–Kier alpha value is -0.890. The number of hydrogen-bond acceptors (Lipinski definition) is 4. The molecule has 6 heteroatoms. The predicted molar refractivity (Wildman–Crippen MR) is 84.1 cm³/mol. The van der Waals surface area contributed by atoms with Crippen molar-refractivity contribution in [3.8, 4) is 5.88 Å². The van der Waals surface area contributed by atoms with E-state index in [0.717, 1.165) is 35.3 Å². The molecule has 0 aromatic carbocycles. The quantitative estimate of drug-likeness (QED) is 0.758. The van der Waals surface area contributed by atoms with Gasteiger partial charge in [-0.3, -0.25) is 4.40 Å². The van der Waals surface area contributed by atoms with E-state index in [9.17, 15) is 0 Å². The van der Waals surface area contributed by atoms with Crippen LogP contribution < -0.4 is 4.74 Å². The van der Waals surface area contributed by atoms with Crippen LogP contribution in [0.5, 0.6) is 5.88 Å². The summed E-state index contributed by atoms with van der Waals surface area (Å²) in [5.74, 6) is 1.95. The van der Waals surface area contributed by atoms with Crippen molar-refractivity contribution < 1.29 is 9.47 Å². The van der Waals surface area contributed by atoms with Gasteiger partial charge in [0, 0.05) is 25.6 Å². The third-order valence-electron chi connectivity index (χ3n) is 3.29. The van der Waals surface area contributed by atoms with Crippen LogP contribution in [0, 0.1) is 9.49 Å². The summed E-state index contributed by atoms with van der Waals surface area (Å²) < 4.78 is 14.1. The van der Waals surface area contributed by atoms with Gasteiger partial charge in [0.1, 0.15) is 0 Å². The van der Waals surface area contributed by atoms with Gasteiger partial charge < -0.3 is 9.47 Å². The average molecular weight is 387 g/mol. The van der Waals surface area contributed by atoms with E-state index in [-0.39, 0.29) is 6.10 Å². The van der Waals surface area contributed by atoms with E-state index >= 15 is 0 Å². The van der Waals surface area contributed by atoms with Gasteiger partial charge in [0.15, 0.2) is 0 Å². The van der Waals surface area contributed by atoms with Gasteiger partial charge in [0.2, 0.25) is 11.7 Å². The van der Waals surface area contributed by atoms with Crippen molar-refractivity contribution in [3.05, 3.63) is 21.7 Å². The summed E-state index contributed by atoms with van der Waals surface area (Å²) in [7, 11) is 0. The maximum Gasteiger partial charge on any atom is 0.237 e. The zero-order valence-corrected chi connectivity index (χ0v) is 13.8. The Labute approximate surface area is 131 Å². The Kier molecular flexibility index (Phi) is 4.11. The van der Waals surface area contributed by atoms with Crippen molar-refractivity contribution in [3.63, 3.8) is 0 Å². The molecule has 0 radical (unpaired) electrons. The summed E-state index contributed by atoms with van der Waals surface area (Å²) >= 11 is 2.25. The van der Waals surface area contributed by atoms with Crippen molar-refractivity contribution in [2.45, 2.75) is 32.8 Å². The zero-order valence-electron chi connectivity index (χ0n) is 11.7. The molecule has 1 aliphatic rings. The molecule has 2 aromatic rings. The zero-order chi connectivity index (χ0) is 14.1. The van der Waals surface area contributed by atoms with E-state index in [0.29, 0.717) is 17.6 Å². The molecule has 0 N–H and O–H groups in total. The Balaban J connectivity index is 1.86. The molecule has 5 nitrogen and oxygen atoms in total. The van der Waals surface area contributed by atoms with E-state index in [4.69, 9.17) is 9.47 Å². The number of rotatable bonds is 4. The molecule has 1 saturated heterocycles. The van der Waals surface area contributed by atoms with Gasteiger partial charge >= 0.3 is 0 Å². The molecule has 0 bridgehead atoms. The number of fused-ring (bicyclic) bond motifs is 1. The summed E-state index contributed by atoms with van der Waals surface area (Å²) in [5, 5.41) is 0. The van der Waals surface area contributed by atoms with Crippen molar-refractivity contribution in [1.82, 2.24) is 14.4 Å². The Bertz CT molecular complexity index is 606. The van der Waals surface area contributed by atoms with Gasteiger partial charge in [-0.25, -0.2) is 4.98 Å². The van der Waals surface area contributed by atoms with Crippen LogP contribution >= 0.6 is 22.6 Å². The molecular weight excluding hydrogens is 369 g/mol. The molecule has 0 saturated carbocycles. The molecule has 0 spiro atoms. The first-order chi connectivity index (χ1) is 9.61. The lowest BCUT2D eigenvalue weighted by Crippen LogP contribution is -2.09. The van der Waals surface area contributed by atoms with E-state index in [2.05, 4.69) is 38.8 Å². The minimum atomic E-state index is 0.114. The maximum absolute atomic E-state index is 5.70. The van der Waals surface area contributed by atoms with Crippen LogP contribution in [0.2, 0.25) is 0 Å². The first-order valence-corrected chi connectivity index (χ1v) is 7.98. The second kappa shape index (κ2) is 5.85. The summed E-state index contributed by atoms with van der Waals surface area (Å²) in [5.41, 5.74) is 1.07.